The van der Waals surface area contributed by atoms with Gasteiger partial charge in [0, 0.05) is 25.3 Å². The van der Waals surface area contributed by atoms with E-state index in [2.05, 4.69) is 0 Å². The SMILES string of the molecule is COc1ccc(C(O)CN(C)c2cccc(OC)c2)cc1. The third-order valence-corrected chi connectivity index (χ3v) is 3.44. The molecule has 112 valence electrons. The van der Waals surface area contributed by atoms with Gasteiger partial charge in [0.1, 0.15) is 11.5 Å². The minimum Gasteiger partial charge on any atom is -0.497 e. The summed E-state index contributed by atoms with van der Waals surface area (Å²) < 4.78 is 10.3. The van der Waals surface area contributed by atoms with Crippen LogP contribution in [0.2, 0.25) is 0 Å². The maximum absolute atomic E-state index is 10.3. The molecule has 0 aromatic heterocycles. The lowest BCUT2D eigenvalue weighted by Gasteiger charge is -2.23. The third-order valence-electron chi connectivity index (χ3n) is 3.44. The van der Waals surface area contributed by atoms with Gasteiger partial charge in [0.05, 0.1) is 20.3 Å². The fourth-order valence-corrected chi connectivity index (χ4v) is 2.14. The van der Waals surface area contributed by atoms with Crippen LogP contribution in [0.3, 0.4) is 0 Å². The van der Waals surface area contributed by atoms with Crippen molar-refractivity contribution in [3.63, 3.8) is 0 Å². The molecule has 21 heavy (non-hydrogen) atoms. The predicted octanol–water partition coefficient (Wildman–Crippen LogP) is 2.87. The van der Waals surface area contributed by atoms with Gasteiger partial charge in [-0.3, -0.25) is 0 Å². The zero-order valence-corrected chi connectivity index (χ0v) is 12.6. The van der Waals surface area contributed by atoms with E-state index in [1.807, 2.05) is 60.5 Å². The first-order valence-electron chi connectivity index (χ1n) is 6.81. The standard InChI is InChI=1S/C17H21NO3/c1-18(14-5-4-6-16(11-14)21-3)12-17(19)13-7-9-15(20-2)10-8-13/h4-11,17,19H,12H2,1-3H3. The first-order valence-corrected chi connectivity index (χ1v) is 6.81. The second-order valence-electron chi connectivity index (χ2n) is 4.87. The lowest BCUT2D eigenvalue weighted by molar-refractivity contribution is 0.185. The number of likely N-dealkylation sites (N-methyl/N-ethyl adjacent to an activating group) is 1. The van der Waals surface area contributed by atoms with Gasteiger partial charge in [0.2, 0.25) is 0 Å². The van der Waals surface area contributed by atoms with Crippen molar-refractivity contribution in [1.82, 2.24) is 0 Å². The van der Waals surface area contributed by atoms with Crippen LogP contribution in [0.25, 0.3) is 0 Å². The minimum absolute atomic E-state index is 0.500. The van der Waals surface area contributed by atoms with Crippen molar-refractivity contribution < 1.29 is 14.6 Å². The Bertz CT molecular complexity index is 569. The number of aliphatic hydroxyl groups is 1. The fourth-order valence-electron chi connectivity index (χ4n) is 2.14. The van der Waals surface area contributed by atoms with Crippen LogP contribution < -0.4 is 14.4 Å². The zero-order valence-electron chi connectivity index (χ0n) is 12.6. The number of hydrogen-bond donors (Lipinski definition) is 1. The van der Waals surface area contributed by atoms with E-state index in [0.29, 0.717) is 6.54 Å². The highest BCUT2D eigenvalue weighted by Gasteiger charge is 2.12. The van der Waals surface area contributed by atoms with Crippen LogP contribution in [0.4, 0.5) is 5.69 Å². The van der Waals surface area contributed by atoms with Crippen molar-refractivity contribution in [2.75, 3.05) is 32.7 Å². The van der Waals surface area contributed by atoms with Crippen molar-refractivity contribution in [1.29, 1.82) is 0 Å². The maximum atomic E-state index is 10.3. The lowest BCUT2D eigenvalue weighted by Crippen LogP contribution is -2.24. The summed E-state index contributed by atoms with van der Waals surface area (Å²) in [5.41, 5.74) is 1.87. The predicted molar refractivity (Wildman–Crippen MR) is 84.2 cm³/mol. The number of anilines is 1. The molecule has 0 heterocycles. The summed E-state index contributed by atoms with van der Waals surface area (Å²) in [5.74, 6) is 1.59. The highest BCUT2D eigenvalue weighted by Crippen LogP contribution is 2.23. The average Bonchev–Trinajstić information content (AvgIpc) is 2.54. The maximum Gasteiger partial charge on any atom is 0.120 e. The molecule has 0 fully saturated rings. The average molecular weight is 287 g/mol. The molecule has 0 aliphatic rings. The van der Waals surface area contributed by atoms with Gasteiger partial charge in [-0.25, -0.2) is 0 Å². The monoisotopic (exact) mass is 287 g/mol. The Balaban J connectivity index is 2.04. The molecular formula is C17H21NO3. The van der Waals surface area contributed by atoms with Crippen molar-refractivity contribution >= 4 is 5.69 Å². The number of rotatable bonds is 6. The van der Waals surface area contributed by atoms with Crippen LogP contribution in [-0.4, -0.2) is 32.9 Å². The van der Waals surface area contributed by atoms with Gasteiger partial charge in [-0.1, -0.05) is 18.2 Å². The first-order chi connectivity index (χ1) is 10.1. The fraction of sp³-hybridized carbons (Fsp3) is 0.294. The van der Waals surface area contributed by atoms with Crippen molar-refractivity contribution in [3.8, 4) is 11.5 Å². The van der Waals surface area contributed by atoms with Gasteiger partial charge in [0.25, 0.3) is 0 Å². The highest BCUT2D eigenvalue weighted by atomic mass is 16.5. The molecule has 0 bridgehead atoms. The van der Waals surface area contributed by atoms with Crippen molar-refractivity contribution in [2.45, 2.75) is 6.10 Å². The molecule has 1 atom stereocenters. The Hall–Kier alpha value is -2.20. The molecule has 2 rings (SSSR count). The van der Waals surface area contributed by atoms with E-state index in [1.54, 1.807) is 14.2 Å². The molecule has 1 unspecified atom stereocenters. The Labute approximate surface area is 125 Å². The number of methoxy groups -OCH3 is 2. The first kappa shape index (κ1) is 15.2. The molecule has 0 aliphatic heterocycles. The van der Waals surface area contributed by atoms with E-state index in [9.17, 15) is 5.11 Å². The lowest BCUT2D eigenvalue weighted by atomic mass is 10.1. The number of ether oxygens (including phenoxy) is 2. The molecule has 0 saturated carbocycles. The Morgan fingerprint density at radius 2 is 1.67 bits per heavy atom. The molecule has 0 aliphatic carbocycles. The van der Waals surface area contributed by atoms with Crippen LogP contribution in [-0.2, 0) is 0 Å². The second-order valence-corrected chi connectivity index (χ2v) is 4.87. The minimum atomic E-state index is -0.563. The van der Waals surface area contributed by atoms with Crippen molar-refractivity contribution in [2.24, 2.45) is 0 Å². The molecule has 0 amide bonds. The van der Waals surface area contributed by atoms with Gasteiger partial charge in [-0.15, -0.1) is 0 Å². The number of hydrogen-bond acceptors (Lipinski definition) is 4. The van der Waals surface area contributed by atoms with Gasteiger partial charge >= 0.3 is 0 Å². The molecule has 4 nitrogen and oxygen atoms in total. The second kappa shape index (κ2) is 6.99. The summed E-state index contributed by atoms with van der Waals surface area (Å²) in [7, 11) is 5.22. The molecule has 0 saturated heterocycles. The van der Waals surface area contributed by atoms with E-state index in [0.717, 1.165) is 22.7 Å². The van der Waals surface area contributed by atoms with E-state index in [4.69, 9.17) is 9.47 Å². The molecule has 1 N–H and O–H groups in total. The molecule has 2 aromatic carbocycles. The zero-order chi connectivity index (χ0) is 15.2. The smallest absolute Gasteiger partial charge is 0.120 e. The van der Waals surface area contributed by atoms with Crippen LogP contribution in [0, 0.1) is 0 Å². The van der Waals surface area contributed by atoms with Crippen LogP contribution >= 0.6 is 0 Å². The molecule has 2 aromatic rings. The van der Waals surface area contributed by atoms with Gasteiger partial charge in [0.15, 0.2) is 0 Å². The molecule has 0 radical (unpaired) electrons. The van der Waals surface area contributed by atoms with Gasteiger partial charge in [-0.2, -0.15) is 0 Å². The van der Waals surface area contributed by atoms with E-state index >= 15 is 0 Å². The summed E-state index contributed by atoms with van der Waals surface area (Å²) in [6, 6.07) is 15.2. The van der Waals surface area contributed by atoms with Gasteiger partial charge in [-0.05, 0) is 29.8 Å². The summed E-state index contributed by atoms with van der Waals surface area (Å²) in [5, 5.41) is 10.3. The summed E-state index contributed by atoms with van der Waals surface area (Å²) in [4.78, 5) is 2.00. The van der Waals surface area contributed by atoms with Crippen LogP contribution in [0.15, 0.2) is 48.5 Å². The van der Waals surface area contributed by atoms with E-state index in [-0.39, 0.29) is 0 Å². The Kier molecular flexibility index (Phi) is 5.06. The van der Waals surface area contributed by atoms with Crippen LogP contribution in [0.1, 0.15) is 11.7 Å². The summed E-state index contributed by atoms with van der Waals surface area (Å²) in [6.07, 6.45) is -0.563. The summed E-state index contributed by atoms with van der Waals surface area (Å²) in [6.45, 7) is 0.500. The largest absolute Gasteiger partial charge is 0.497 e. The topological polar surface area (TPSA) is 41.9 Å². The molecular weight excluding hydrogens is 266 g/mol. The van der Waals surface area contributed by atoms with E-state index < -0.39 is 6.10 Å². The molecule has 4 heteroatoms. The Morgan fingerprint density at radius 3 is 2.29 bits per heavy atom. The number of nitrogens with zero attached hydrogens (tertiary/aromatic N) is 1. The summed E-state index contributed by atoms with van der Waals surface area (Å²) >= 11 is 0. The van der Waals surface area contributed by atoms with Crippen LogP contribution in [0.5, 0.6) is 11.5 Å². The molecule has 0 spiro atoms. The van der Waals surface area contributed by atoms with E-state index in [1.165, 1.54) is 0 Å². The van der Waals surface area contributed by atoms with Gasteiger partial charge < -0.3 is 19.5 Å². The third kappa shape index (κ3) is 3.89. The quantitative estimate of drug-likeness (QED) is 0.887. The number of aliphatic hydroxyl groups excluding tert-OH is 1. The normalized spacial score (nSPS) is 11.8. The number of benzene rings is 2. The Morgan fingerprint density at radius 1 is 1.00 bits per heavy atom. The highest BCUT2D eigenvalue weighted by molar-refractivity contribution is 5.50. The van der Waals surface area contributed by atoms with Crippen molar-refractivity contribution in [3.05, 3.63) is 54.1 Å².